The Balaban J connectivity index is 2.12. The van der Waals surface area contributed by atoms with Gasteiger partial charge in [-0.15, -0.1) is 11.6 Å². The molecule has 2 heteroatoms. The fraction of sp³-hybridized carbons (Fsp3) is 0.562. The molecule has 0 N–H and O–H groups in total. The van der Waals surface area contributed by atoms with E-state index in [1.54, 1.807) is 0 Å². The second kappa shape index (κ2) is 5.88. The van der Waals surface area contributed by atoms with Gasteiger partial charge >= 0.3 is 0 Å². The van der Waals surface area contributed by atoms with Crippen molar-refractivity contribution in [1.29, 1.82) is 0 Å². The van der Waals surface area contributed by atoms with E-state index in [1.807, 2.05) is 18.2 Å². The third kappa shape index (κ3) is 3.14. The number of carbonyl (C=O) groups is 1. The maximum Gasteiger partial charge on any atom is 0.165 e. The molecule has 0 radical (unpaired) electrons. The zero-order valence-electron chi connectivity index (χ0n) is 11.2. The van der Waals surface area contributed by atoms with Crippen molar-refractivity contribution in [2.24, 2.45) is 5.92 Å². The summed E-state index contributed by atoms with van der Waals surface area (Å²) in [5.41, 5.74) is 3.31. The van der Waals surface area contributed by atoms with Crippen LogP contribution in [0.1, 0.15) is 53.6 Å². The van der Waals surface area contributed by atoms with Crippen molar-refractivity contribution in [3.63, 3.8) is 0 Å². The van der Waals surface area contributed by atoms with Crippen LogP contribution in [0.2, 0.25) is 0 Å². The minimum absolute atomic E-state index is 0.177. The van der Waals surface area contributed by atoms with Gasteiger partial charge in [0.2, 0.25) is 0 Å². The van der Waals surface area contributed by atoms with Gasteiger partial charge in [0.25, 0.3) is 0 Å². The van der Waals surface area contributed by atoms with Crippen LogP contribution in [0.4, 0.5) is 0 Å². The molecule has 0 heterocycles. The predicted molar refractivity (Wildman–Crippen MR) is 76.5 cm³/mol. The van der Waals surface area contributed by atoms with E-state index >= 15 is 0 Å². The first-order valence-electron chi connectivity index (χ1n) is 6.83. The maximum absolute atomic E-state index is 12.5. The quantitative estimate of drug-likeness (QED) is 0.431. The number of rotatable bonds is 2. The molecule has 1 fully saturated rings. The molecule has 2 unspecified atom stereocenters. The lowest BCUT2D eigenvalue weighted by molar-refractivity contribution is 0.0908. The molecule has 1 aromatic carbocycles. The van der Waals surface area contributed by atoms with Crippen LogP contribution in [-0.2, 0) is 0 Å². The molecule has 0 bridgehead atoms. The first kappa shape index (κ1) is 13.6. The van der Waals surface area contributed by atoms with Crippen molar-refractivity contribution >= 4 is 17.4 Å². The molecule has 18 heavy (non-hydrogen) atoms. The van der Waals surface area contributed by atoms with Gasteiger partial charge in [0, 0.05) is 16.9 Å². The minimum atomic E-state index is 0.177. The van der Waals surface area contributed by atoms with E-state index in [4.69, 9.17) is 11.6 Å². The Kier molecular flexibility index (Phi) is 4.45. The average molecular weight is 265 g/mol. The Morgan fingerprint density at radius 3 is 2.61 bits per heavy atom. The Labute approximate surface area is 115 Å². The molecule has 2 atom stereocenters. The van der Waals surface area contributed by atoms with Crippen molar-refractivity contribution in [2.75, 3.05) is 0 Å². The van der Waals surface area contributed by atoms with E-state index < -0.39 is 0 Å². The topological polar surface area (TPSA) is 17.1 Å². The van der Waals surface area contributed by atoms with Crippen LogP contribution < -0.4 is 0 Å². The van der Waals surface area contributed by atoms with E-state index in [1.165, 1.54) is 11.1 Å². The van der Waals surface area contributed by atoms with E-state index in [2.05, 4.69) is 13.8 Å². The normalized spacial score (nSPS) is 24.6. The first-order valence-corrected chi connectivity index (χ1v) is 7.27. The first-order chi connectivity index (χ1) is 8.58. The van der Waals surface area contributed by atoms with E-state index in [0.717, 1.165) is 37.7 Å². The van der Waals surface area contributed by atoms with E-state index in [0.29, 0.717) is 5.78 Å². The van der Waals surface area contributed by atoms with Crippen molar-refractivity contribution in [3.8, 4) is 0 Å². The zero-order valence-corrected chi connectivity index (χ0v) is 12.0. The highest BCUT2D eigenvalue weighted by atomic mass is 35.5. The van der Waals surface area contributed by atoms with Gasteiger partial charge in [-0.2, -0.15) is 0 Å². The fourth-order valence-electron chi connectivity index (χ4n) is 2.65. The highest BCUT2D eigenvalue weighted by Crippen LogP contribution is 2.29. The van der Waals surface area contributed by atoms with Crippen LogP contribution in [0.3, 0.4) is 0 Å². The number of ketones is 1. The Morgan fingerprint density at radius 1 is 1.11 bits per heavy atom. The van der Waals surface area contributed by atoms with E-state index in [-0.39, 0.29) is 11.3 Å². The van der Waals surface area contributed by atoms with Gasteiger partial charge in [-0.3, -0.25) is 4.79 Å². The second-order valence-corrected chi connectivity index (χ2v) is 6.08. The lowest BCUT2D eigenvalue weighted by Gasteiger charge is -2.13. The molecular weight excluding hydrogens is 244 g/mol. The lowest BCUT2D eigenvalue weighted by atomic mass is 9.90. The van der Waals surface area contributed by atoms with Crippen LogP contribution in [0.5, 0.6) is 0 Å². The summed E-state index contributed by atoms with van der Waals surface area (Å²) in [5, 5.41) is 0.266. The van der Waals surface area contributed by atoms with Crippen molar-refractivity contribution in [1.82, 2.24) is 0 Å². The summed E-state index contributed by atoms with van der Waals surface area (Å²) in [6.07, 6.45) is 5.05. The smallest absolute Gasteiger partial charge is 0.165 e. The molecule has 1 aromatic rings. The molecule has 2 rings (SSSR count). The number of aryl methyl sites for hydroxylation is 2. The molecule has 0 saturated heterocycles. The molecule has 1 saturated carbocycles. The summed E-state index contributed by atoms with van der Waals surface area (Å²) in [7, 11) is 0. The average Bonchev–Trinajstić information content (AvgIpc) is 2.57. The standard InChI is InChI=1S/C16H21ClO/c1-11-6-7-14(10-12(11)2)16(18)13-4-3-5-15(17)9-8-13/h6-7,10,13,15H,3-5,8-9H2,1-2H3. The highest BCUT2D eigenvalue weighted by Gasteiger charge is 2.24. The highest BCUT2D eigenvalue weighted by molar-refractivity contribution is 6.20. The molecule has 0 aromatic heterocycles. The summed E-state index contributed by atoms with van der Waals surface area (Å²) >= 11 is 6.17. The Hall–Kier alpha value is -0.820. The SMILES string of the molecule is Cc1ccc(C(=O)C2CCCC(Cl)CC2)cc1C. The molecular formula is C16H21ClO. The number of carbonyl (C=O) groups excluding carboxylic acids is 1. The largest absolute Gasteiger partial charge is 0.294 e. The molecule has 1 aliphatic rings. The number of halogens is 1. The summed E-state index contributed by atoms with van der Waals surface area (Å²) in [6, 6.07) is 6.04. The number of hydrogen-bond acceptors (Lipinski definition) is 1. The van der Waals surface area contributed by atoms with Gasteiger partial charge in [0.15, 0.2) is 5.78 Å². The Morgan fingerprint density at radius 2 is 1.89 bits per heavy atom. The van der Waals surface area contributed by atoms with Gasteiger partial charge in [0.1, 0.15) is 0 Å². The van der Waals surface area contributed by atoms with Crippen LogP contribution in [0, 0.1) is 19.8 Å². The number of hydrogen-bond donors (Lipinski definition) is 0. The minimum Gasteiger partial charge on any atom is -0.294 e. The zero-order chi connectivity index (χ0) is 13.1. The molecule has 0 amide bonds. The fourth-order valence-corrected chi connectivity index (χ4v) is 2.93. The van der Waals surface area contributed by atoms with Crippen LogP contribution in [0.25, 0.3) is 0 Å². The van der Waals surface area contributed by atoms with Gasteiger partial charge in [-0.25, -0.2) is 0 Å². The second-order valence-electron chi connectivity index (χ2n) is 5.47. The maximum atomic E-state index is 12.5. The van der Waals surface area contributed by atoms with Crippen molar-refractivity contribution < 1.29 is 4.79 Å². The Bertz CT molecular complexity index is 439. The van der Waals surface area contributed by atoms with Gasteiger partial charge < -0.3 is 0 Å². The number of benzene rings is 1. The van der Waals surface area contributed by atoms with Crippen molar-refractivity contribution in [2.45, 2.75) is 51.3 Å². The van der Waals surface area contributed by atoms with Gasteiger partial charge in [-0.05, 0) is 56.7 Å². The van der Waals surface area contributed by atoms with E-state index in [9.17, 15) is 4.79 Å². The summed E-state index contributed by atoms with van der Waals surface area (Å²) < 4.78 is 0. The van der Waals surface area contributed by atoms with Crippen molar-refractivity contribution in [3.05, 3.63) is 34.9 Å². The molecule has 0 aliphatic heterocycles. The van der Waals surface area contributed by atoms with Crippen LogP contribution in [-0.4, -0.2) is 11.2 Å². The molecule has 1 nitrogen and oxygen atoms in total. The lowest BCUT2D eigenvalue weighted by Crippen LogP contribution is -2.14. The summed E-state index contributed by atoms with van der Waals surface area (Å²) in [6.45, 7) is 4.14. The van der Waals surface area contributed by atoms with Crippen LogP contribution >= 0.6 is 11.6 Å². The number of alkyl halides is 1. The van der Waals surface area contributed by atoms with Gasteiger partial charge in [0.05, 0.1) is 0 Å². The number of Topliss-reactive ketones (excluding diaryl/α,β-unsaturated/α-hetero) is 1. The third-order valence-electron chi connectivity index (χ3n) is 4.06. The third-order valence-corrected chi connectivity index (χ3v) is 4.50. The predicted octanol–water partition coefficient (Wildman–Crippen LogP) is 4.67. The molecule has 0 spiro atoms. The van der Waals surface area contributed by atoms with Crippen LogP contribution in [0.15, 0.2) is 18.2 Å². The summed E-state index contributed by atoms with van der Waals surface area (Å²) in [5.74, 6) is 0.486. The monoisotopic (exact) mass is 264 g/mol. The molecule has 1 aliphatic carbocycles. The summed E-state index contributed by atoms with van der Waals surface area (Å²) in [4.78, 5) is 12.5. The van der Waals surface area contributed by atoms with Gasteiger partial charge in [-0.1, -0.05) is 18.6 Å². The molecule has 98 valence electrons.